The summed E-state index contributed by atoms with van der Waals surface area (Å²) in [5.41, 5.74) is 1.28. The lowest BCUT2D eigenvalue weighted by Crippen LogP contribution is -2.45. The minimum absolute atomic E-state index is 0.142. The second kappa shape index (κ2) is 8.16. The maximum Gasteiger partial charge on any atom is 0.120 e. The topological polar surface area (TPSA) is 24.5 Å². The van der Waals surface area contributed by atoms with Crippen LogP contribution in [0.4, 0.5) is 0 Å². The molecule has 1 aliphatic heterocycles. The molecule has 0 saturated carbocycles. The van der Waals surface area contributed by atoms with Crippen LogP contribution < -0.4 is 10.1 Å². The molecule has 130 valence electrons. The van der Waals surface area contributed by atoms with Crippen LogP contribution in [-0.2, 0) is 0 Å². The van der Waals surface area contributed by atoms with Gasteiger partial charge in [-0.3, -0.25) is 4.90 Å². The molecular weight excluding hydrogens is 284 g/mol. The molecule has 0 amide bonds. The van der Waals surface area contributed by atoms with Crippen molar-refractivity contribution in [1.82, 2.24) is 10.2 Å². The second-order valence-corrected chi connectivity index (χ2v) is 8.06. The Bertz CT molecular complexity index is 456. The molecule has 1 saturated heterocycles. The molecule has 1 fully saturated rings. The van der Waals surface area contributed by atoms with E-state index in [2.05, 4.69) is 69.1 Å². The Morgan fingerprint density at radius 3 is 2.17 bits per heavy atom. The highest BCUT2D eigenvalue weighted by atomic mass is 16.5. The van der Waals surface area contributed by atoms with Gasteiger partial charge in [0.15, 0.2) is 0 Å². The lowest BCUT2D eigenvalue weighted by atomic mass is 9.95. The van der Waals surface area contributed by atoms with Crippen LogP contribution in [0.1, 0.15) is 59.1 Å². The van der Waals surface area contributed by atoms with E-state index in [0.29, 0.717) is 6.04 Å². The molecule has 0 aromatic heterocycles. The van der Waals surface area contributed by atoms with Crippen molar-refractivity contribution in [2.24, 2.45) is 5.92 Å². The molecule has 0 radical (unpaired) electrons. The first-order valence-corrected chi connectivity index (χ1v) is 9.09. The SMILES string of the molecule is CC(C)CC[C@H](c1ccc(OC(C)(C)C)cc1)N1CCNCC1. The van der Waals surface area contributed by atoms with Crippen molar-refractivity contribution in [1.29, 1.82) is 0 Å². The van der Waals surface area contributed by atoms with Gasteiger partial charge in [0.05, 0.1) is 0 Å². The molecule has 1 aromatic rings. The van der Waals surface area contributed by atoms with Gasteiger partial charge in [0.1, 0.15) is 11.4 Å². The van der Waals surface area contributed by atoms with Gasteiger partial charge in [-0.15, -0.1) is 0 Å². The first kappa shape index (κ1) is 18.3. The van der Waals surface area contributed by atoms with Crippen LogP contribution in [0, 0.1) is 5.92 Å². The van der Waals surface area contributed by atoms with Crippen molar-refractivity contribution in [3.8, 4) is 5.75 Å². The number of hydrogen-bond acceptors (Lipinski definition) is 3. The van der Waals surface area contributed by atoms with Crippen LogP contribution in [0.5, 0.6) is 5.75 Å². The molecular formula is C20H34N2O. The van der Waals surface area contributed by atoms with Gasteiger partial charge >= 0.3 is 0 Å². The Balaban J connectivity index is 2.10. The Hall–Kier alpha value is -1.06. The largest absolute Gasteiger partial charge is 0.488 e. The molecule has 1 heterocycles. The van der Waals surface area contributed by atoms with Crippen LogP contribution in [0.2, 0.25) is 0 Å². The van der Waals surface area contributed by atoms with Gasteiger partial charge in [-0.25, -0.2) is 0 Å². The standard InChI is InChI=1S/C20H34N2O/c1-16(2)6-11-19(22-14-12-21-13-15-22)17-7-9-18(10-8-17)23-20(3,4)5/h7-10,16,19,21H,6,11-15H2,1-5H3/t19-/m1/s1. The van der Waals surface area contributed by atoms with E-state index in [-0.39, 0.29) is 5.60 Å². The third-order valence-corrected chi connectivity index (χ3v) is 4.30. The quantitative estimate of drug-likeness (QED) is 0.849. The van der Waals surface area contributed by atoms with Crippen LogP contribution >= 0.6 is 0 Å². The summed E-state index contributed by atoms with van der Waals surface area (Å²) in [5, 5.41) is 3.46. The molecule has 1 atom stereocenters. The fourth-order valence-corrected chi connectivity index (χ4v) is 3.16. The van der Waals surface area contributed by atoms with Gasteiger partial charge < -0.3 is 10.1 Å². The van der Waals surface area contributed by atoms with E-state index < -0.39 is 0 Å². The molecule has 1 aromatic carbocycles. The van der Waals surface area contributed by atoms with Crippen LogP contribution in [0.25, 0.3) is 0 Å². The minimum atomic E-state index is -0.142. The third kappa shape index (κ3) is 6.15. The number of nitrogens with zero attached hydrogens (tertiary/aromatic N) is 1. The van der Waals surface area contributed by atoms with Crippen molar-refractivity contribution >= 4 is 0 Å². The molecule has 1 N–H and O–H groups in total. The molecule has 0 spiro atoms. The fraction of sp³-hybridized carbons (Fsp3) is 0.700. The molecule has 23 heavy (non-hydrogen) atoms. The highest BCUT2D eigenvalue weighted by molar-refractivity contribution is 5.29. The fourth-order valence-electron chi connectivity index (χ4n) is 3.16. The predicted octanol–water partition coefficient (Wildman–Crippen LogP) is 4.25. The van der Waals surface area contributed by atoms with E-state index in [0.717, 1.165) is 37.8 Å². The average molecular weight is 319 g/mol. The average Bonchev–Trinajstić information content (AvgIpc) is 2.48. The van der Waals surface area contributed by atoms with Gasteiger partial charge in [0, 0.05) is 32.2 Å². The monoisotopic (exact) mass is 318 g/mol. The summed E-state index contributed by atoms with van der Waals surface area (Å²) in [4.78, 5) is 2.64. The summed E-state index contributed by atoms with van der Waals surface area (Å²) in [6, 6.07) is 9.31. The second-order valence-electron chi connectivity index (χ2n) is 8.06. The normalized spacial score (nSPS) is 18.2. The minimum Gasteiger partial charge on any atom is -0.488 e. The first-order valence-electron chi connectivity index (χ1n) is 9.09. The molecule has 3 nitrogen and oxygen atoms in total. The molecule has 0 unspecified atom stereocenters. The lowest BCUT2D eigenvalue weighted by molar-refractivity contribution is 0.130. The van der Waals surface area contributed by atoms with Gasteiger partial charge in [-0.05, 0) is 57.2 Å². The zero-order chi connectivity index (χ0) is 16.9. The number of nitrogens with one attached hydrogen (secondary N) is 1. The van der Waals surface area contributed by atoms with Gasteiger partial charge in [0.25, 0.3) is 0 Å². The Morgan fingerprint density at radius 2 is 1.65 bits per heavy atom. The number of benzene rings is 1. The maximum absolute atomic E-state index is 5.96. The zero-order valence-electron chi connectivity index (χ0n) is 15.6. The summed E-state index contributed by atoms with van der Waals surface area (Å²) in [5.74, 6) is 1.72. The van der Waals surface area contributed by atoms with Crippen LogP contribution in [0.3, 0.4) is 0 Å². The first-order chi connectivity index (χ1) is 10.8. The van der Waals surface area contributed by atoms with Gasteiger partial charge in [-0.1, -0.05) is 26.0 Å². The zero-order valence-corrected chi connectivity index (χ0v) is 15.6. The highest BCUT2D eigenvalue weighted by Crippen LogP contribution is 2.29. The molecule has 0 bridgehead atoms. The van der Waals surface area contributed by atoms with Crippen LogP contribution in [0.15, 0.2) is 24.3 Å². The lowest BCUT2D eigenvalue weighted by Gasteiger charge is -2.36. The molecule has 2 rings (SSSR count). The maximum atomic E-state index is 5.96. The van der Waals surface area contributed by atoms with Crippen LogP contribution in [-0.4, -0.2) is 36.7 Å². The summed E-state index contributed by atoms with van der Waals surface area (Å²) in [6.45, 7) is 15.4. The summed E-state index contributed by atoms with van der Waals surface area (Å²) >= 11 is 0. The van der Waals surface area contributed by atoms with Crippen molar-refractivity contribution < 1.29 is 4.74 Å². The van der Waals surface area contributed by atoms with E-state index in [9.17, 15) is 0 Å². The van der Waals surface area contributed by atoms with Gasteiger partial charge in [0.2, 0.25) is 0 Å². The van der Waals surface area contributed by atoms with Crippen molar-refractivity contribution in [2.75, 3.05) is 26.2 Å². The summed E-state index contributed by atoms with van der Waals surface area (Å²) in [6.07, 6.45) is 2.51. The van der Waals surface area contributed by atoms with Crippen molar-refractivity contribution in [3.63, 3.8) is 0 Å². The van der Waals surface area contributed by atoms with E-state index in [1.54, 1.807) is 0 Å². The number of ether oxygens (including phenoxy) is 1. The van der Waals surface area contributed by atoms with Gasteiger partial charge in [-0.2, -0.15) is 0 Å². The van der Waals surface area contributed by atoms with Crippen molar-refractivity contribution in [2.45, 2.75) is 59.1 Å². The summed E-state index contributed by atoms with van der Waals surface area (Å²) in [7, 11) is 0. The number of piperazine rings is 1. The predicted molar refractivity (Wildman–Crippen MR) is 98.1 cm³/mol. The van der Waals surface area contributed by atoms with E-state index in [4.69, 9.17) is 4.74 Å². The Labute approximate surface area is 142 Å². The van der Waals surface area contributed by atoms with E-state index in [1.807, 2.05) is 0 Å². The third-order valence-electron chi connectivity index (χ3n) is 4.30. The molecule has 3 heteroatoms. The van der Waals surface area contributed by atoms with E-state index in [1.165, 1.54) is 18.4 Å². The molecule has 1 aliphatic rings. The number of hydrogen-bond donors (Lipinski definition) is 1. The van der Waals surface area contributed by atoms with Crippen molar-refractivity contribution in [3.05, 3.63) is 29.8 Å². The highest BCUT2D eigenvalue weighted by Gasteiger charge is 2.22. The Morgan fingerprint density at radius 1 is 1.04 bits per heavy atom. The molecule has 0 aliphatic carbocycles. The van der Waals surface area contributed by atoms with E-state index >= 15 is 0 Å². The number of rotatable bonds is 6. The summed E-state index contributed by atoms with van der Waals surface area (Å²) < 4.78 is 5.96. The smallest absolute Gasteiger partial charge is 0.120 e. The Kier molecular flexibility index (Phi) is 6.49.